The summed E-state index contributed by atoms with van der Waals surface area (Å²) in [6.45, 7) is 3.97. The van der Waals surface area contributed by atoms with Crippen LogP contribution in [0, 0.1) is 0 Å². The van der Waals surface area contributed by atoms with E-state index in [-0.39, 0.29) is 11.9 Å². The molecule has 108 valence electrons. The minimum absolute atomic E-state index is 0.107. The van der Waals surface area contributed by atoms with Gasteiger partial charge in [0.2, 0.25) is 0 Å². The number of rotatable bonds is 3. The highest BCUT2D eigenvalue weighted by atomic mass is 32.1. The summed E-state index contributed by atoms with van der Waals surface area (Å²) in [7, 11) is 0. The van der Waals surface area contributed by atoms with E-state index in [9.17, 15) is 9.59 Å². The molecular formula is C16H15NO3S. The maximum absolute atomic E-state index is 12.2. The molecule has 0 saturated heterocycles. The van der Waals surface area contributed by atoms with Crippen molar-refractivity contribution < 1.29 is 9.21 Å². The molecule has 1 atom stereocenters. The SMILES string of the molecule is CC[C@H](C)NC(=O)c1cc2c(=O)oc3ccccc3c2s1. The van der Waals surface area contributed by atoms with Gasteiger partial charge in [-0.05, 0) is 31.5 Å². The van der Waals surface area contributed by atoms with Crippen LogP contribution in [0.1, 0.15) is 29.9 Å². The van der Waals surface area contributed by atoms with Crippen LogP contribution in [0.2, 0.25) is 0 Å². The van der Waals surface area contributed by atoms with E-state index in [4.69, 9.17) is 4.42 Å². The zero-order chi connectivity index (χ0) is 15.0. The summed E-state index contributed by atoms with van der Waals surface area (Å²) in [5.74, 6) is -0.144. The Hall–Kier alpha value is -2.14. The third kappa shape index (κ3) is 2.45. The van der Waals surface area contributed by atoms with Gasteiger partial charge in [0, 0.05) is 11.4 Å². The van der Waals surface area contributed by atoms with E-state index in [0.29, 0.717) is 15.8 Å². The molecule has 0 aliphatic carbocycles. The minimum Gasteiger partial charge on any atom is -0.422 e. The van der Waals surface area contributed by atoms with Crippen LogP contribution in [0.4, 0.5) is 0 Å². The van der Waals surface area contributed by atoms with Gasteiger partial charge in [0.25, 0.3) is 5.91 Å². The highest BCUT2D eigenvalue weighted by Crippen LogP contribution is 2.30. The third-order valence-electron chi connectivity index (χ3n) is 3.50. The number of hydrogen-bond acceptors (Lipinski definition) is 4. The molecule has 3 rings (SSSR count). The first-order valence-corrected chi connectivity index (χ1v) is 7.68. The van der Waals surface area contributed by atoms with Crippen LogP contribution in [0.25, 0.3) is 21.1 Å². The molecular weight excluding hydrogens is 286 g/mol. The fraction of sp³-hybridized carbons (Fsp3) is 0.250. The monoisotopic (exact) mass is 301 g/mol. The summed E-state index contributed by atoms with van der Waals surface area (Å²) in [6.07, 6.45) is 0.863. The van der Waals surface area contributed by atoms with Gasteiger partial charge in [-0.25, -0.2) is 4.79 Å². The van der Waals surface area contributed by atoms with Gasteiger partial charge >= 0.3 is 5.63 Å². The summed E-state index contributed by atoms with van der Waals surface area (Å²) in [6, 6.07) is 9.09. The summed E-state index contributed by atoms with van der Waals surface area (Å²) < 4.78 is 6.09. The van der Waals surface area contributed by atoms with Crippen molar-refractivity contribution in [2.24, 2.45) is 0 Å². The van der Waals surface area contributed by atoms with Gasteiger partial charge in [-0.2, -0.15) is 0 Å². The quantitative estimate of drug-likeness (QED) is 0.753. The second-order valence-electron chi connectivity index (χ2n) is 5.02. The molecule has 0 unspecified atom stereocenters. The molecule has 1 N–H and O–H groups in total. The van der Waals surface area contributed by atoms with Crippen molar-refractivity contribution in [2.45, 2.75) is 26.3 Å². The predicted octanol–water partition coefficient (Wildman–Crippen LogP) is 3.54. The largest absolute Gasteiger partial charge is 0.422 e. The highest BCUT2D eigenvalue weighted by molar-refractivity contribution is 7.21. The molecule has 2 aromatic heterocycles. The van der Waals surface area contributed by atoms with Gasteiger partial charge in [0.1, 0.15) is 5.58 Å². The van der Waals surface area contributed by atoms with Crippen molar-refractivity contribution in [3.63, 3.8) is 0 Å². The van der Waals surface area contributed by atoms with Gasteiger partial charge in [-0.3, -0.25) is 4.79 Å². The molecule has 0 bridgehead atoms. The standard InChI is InChI=1S/C16H15NO3S/c1-3-9(2)17-15(18)13-8-11-14(21-13)10-6-4-5-7-12(10)20-16(11)19/h4-9H,3H2,1-2H3,(H,17,18)/t9-/m0/s1. The van der Waals surface area contributed by atoms with E-state index >= 15 is 0 Å². The molecule has 21 heavy (non-hydrogen) atoms. The van der Waals surface area contributed by atoms with Gasteiger partial charge in [-0.15, -0.1) is 11.3 Å². The lowest BCUT2D eigenvalue weighted by Gasteiger charge is -2.09. The normalized spacial score (nSPS) is 12.7. The third-order valence-corrected chi connectivity index (χ3v) is 4.67. The number of carbonyl (C=O) groups excluding carboxylic acids is 1. The van der Waals surface area contributed by atoms with Crippen LogP contribution in [0.5, 0.6) is 0 Å². The number of nitrogens with one attached hydrogen (secondary N) is 1. The Morgan fingerprint density at radius 2 is 2.10 bits per heavy atom. The molecule has 1 amide bonds. The zero-order valence-corrected chi connectivity index (χ0v) is 12.6. The zero-order valence-electron chi connectivity index (χ0n) is 11.8. The molecule has 0 radical (unpaired) electrons. The molecule has 3 aromatic rings. The first-order chi connectivity index (χ1) is 10.1. The molecule has 4 nitrogen and oxygen atoms in total. The number of fused-ring (bicyclic) bond motifs is 3. The maximum Gasteiger partial charge on any atom is 0.345 e. The second-order valence-corrected chi connectivity index (χ2v) is 6.07. The Labute approximate surface area is 125 Å². The van der Waals surface area contributed by atoms with Gasteiger partial charge in [-0.1, -0.05) is 19.1 Å². The Morgan fingerprint density at radius 3 is 2.86 bits per heavy atom. The van der Waals surface area contributed by atoms with E-state index < -0.39 is 5.63 Å². The topological polar surface area (TPSA) is 59.3 Å². The average Bonchev–Trinajstić information content (AvgIpc) is 2.93. The Morgan fingerprint density at radius 1 is 1.33 bits per heavy atom. The van der Waals surface area contributed by atoms with E-state index in [1.54, 1.807) is 12.1 Å². The predicted molar refractivity (Wildman–Crippen MR) is 85.1 cm³/mol. The summed E-state index contributed by atoms with van der Waals surface area (Å²) in [5, 5.41) is 4.24. The Balaban J connectivity index is 2.15. The first kappa shape index (κ1) is 13.8. The molecule has 0 fully saturated rings. The smallest absolute Gasteiger partial charge is 0.345 e. The van der Waals surface area contributed by atoms with Crippen molar-refractivity contribution in [3.8, 4) is 0 Å². The van der Waals surface area contributed by atoms with Gasteiger partial charge in [0.05, 0.1) is 15.0 Å². The molecule has 0 aliphatic heterocycles. The van der Waals surface area contributed by atoms with Crippen LogP contribution in [-0.4, -0.2) is 11.9 Å². The number of para-hydroxylation sites is 1. The molecule has 0 spiro atoms. The summed E-state index contributed by atoms with van der Waals surface area (Å²) >= 11 is 1.33. The van der Waals surface area contributed by atoms with E-state index in [2.05, 4.69) is 5.32 Å². The second kappa shape index (κ2) is 5.33. The summed E-state index contributed by atoms with van der Waals surface area (Å²) in [5.41, 5.74) is 0.147. The fourth-order valence-electron chi connectivity index (χ4n) is 2.15. The first-order valence-electron chi connectivity index (χ1n) is 6.86. The van der Waals surface area contributed by atoms with E-state index in [1.807, 2.05) is 32.0 Å². The molecule has 0 aliphatic rings. The Bertz CT molecular complexity index is 878. The van der Waals surface area contributed by atoms with Crippen LogP contribution in [0.15, 0.2) is 39.5 Å². The van der Waals surface area contributed by atoms with Crippen LogP contribution in [0.3, 0.4) is 0 Å². The van der Waals surface area contributed by atoms with E-state index in [0.717, 1.165) is 16.5 Å². The van der Waals surface area contributed by atoms with Crippen LogP contribution >= 0.6 is 11.3 Å². The van der Waals surface area contributed by atoms with Crippen molar-refractivity contribution >= 4 is 38.3 Å². The number of benzene rings is 1. The average molecular weight is 301 g/mol. The number of carbonyl (C=O) groups is 1. The molecule has 0 saturated carbocycles. The Kier molecular flexibility index (Phi) is 3.51. The lowest BCUT2D eigenvalue weighted by atomic mass is 10.2. The number of thiophene rings is 1. The van der Waals surface area contributed by atoms with E-state index in [1.165, 1.54) is 11.3 Å². The maximum atomic E-state index is 12.2. The lowest BCUT2D eigenvalue weighted by Crippen LogP contribution is -2.31. The molecule has 5 heteroatoms. The van der Waals surface area contributed by atoms with Crippen LogP contribution < -0.4 is 10.9 Å². The molecule has 2 heterocycles. The number of hydrogen-bond donors (Lipinski definition) is 1. The van der Waals surface area contributed by atoms with Crippen molar-refractivity contribution in [1.82, 2.24) is 5.32 Å². The molecule has 1 aromatic carbocycles. The number of amides is 1. The highest BCUT2D eigenvalue weighted by Gasteiger charge is 2.16. The fourth-order valence-corrected chi connectivity index (χ4v) is 3.23. The van der Waals surface area contributed by atoms with Crippen molar-refractivity contribution in [3.05, 3.63) is 45.6 Å². The van der Waals surface area contributed by atoms with Gasteiger partial charge < -0.3 is 9.73 Å². The van der Waals surface area contributed by atoms with Gasteiger partial charge in [0.15, 0.2) is 0 Å². The van der Waals surface area contributed by atoms with Crippen LogP contribution in [-0.2, 0) is 0 Å². The van der Waals surface area contributed by atoms with Crippen molar-refractivity contribution in [1.29, 1.82) is 0 Å². The lowest BCUT2D eigenvalue weighted by molar-refractivity contribution is 0.0943. The minimum atomic E-state index is -0.400. The van der Waals surface area contributed by atoms with Crippen molar-refractivity contribution in [2.75, 3.05) is 0 Å². The summed E-state index contributed by atoms with van der Waals surface area (Å²) in [4.78, 5) is 24.7.